The van der Waals surface area contributed by atoms with E-state index in [1.165, 1.54) is 0 Å². The van der Waals surface area contributed by atoms with Crippen molar-refractivity contribution >= 4 is 0 Å². The fourth-order valence-corrected chi connectivity index (χ4v) is 1.13. The summed E-state index contributed by atoms with van der Waals surface area (Å²) >= 11 is 0. The molecule has 5 nitrogen and oxygen atoms in total. The van der Waals surface area contributed by atoms with E-state index in [9.17, 15) is 0 Å². The van der Waals surface area contributed by atoms with Crippen LogP contribution in [0.1, 0.15) is 18.9 Å². The number of hydrogen-bond acceptors (Lipinski definition) is 5. The molecule has 0 aliphatic rings. The van der Waals surface area contributed by atoms with Crippen molar-refractivity contribution in [1.29, 1.82) is 0 Å². The zero-order valence-electron chi connectivity index (χ0n) is 8.64. The summed E-state index contributed by atoms with van der Waals surface area (Å²) in [5.74, 6) is 1.09. The smallest absolute Gasteiger partial charge is 0.243 e. The van der Waals surface area contributed by atoms with Gasteiger partial charge in [0.2, 0.25) is 11.7 Å². The van der Waals surface area contributed by atoms with E-state index in [-0.39, 0.29) is 6.04 Å². The Morgan fingerprint density at radius 1 is 1.40 bits per heavy atom. The Morgan fingerprint density at radius 2 is 2.27 bits per heavy atom. The second kappa shape index (κ2) is 4.18. The fourth-order valence-electron chi connectivity index (χ4n) is 1.13. The minimum atomic E-state index is 0.0509. The number of nitrogens with zero attached hydrogens (tertiary/aromatic N) is 3. The van der Waals surface area contributed by atoms with E-state index in [1.807, 2.05) is 32.2 Å². The van der Waals surface area contributed by atoms with Gasteiger partial charge in [0.1, 0.15) is 5.69 Å². The molecule has 1 atom stereocenters. The molecule has 2 aromatic heterocycles. The van der Waals surface area contributed by atoms with Gasteiger partial charge >= 0.3 is 0 Å². The first kappa shape index (κ1) is 9.79. The van der Waals surface area contributed by atoms with E-state index < -0.39 is 0 Å². The Labute approximate surface area is 87.5 Å². The van der Waals surface area contributed by atoms with E-state index in [0.29, 0.717) is 11.7 Å². The number of pyridine rings is 1. The molecule has 0 aliphatic carbocycles. The van der Waals surface area contributed by atoms with Crippen molar-refractivity contribution in [3.8, 4) is 11.5 Å². The average Bonchev–Trinajstić information content (AvgIpc) is 2.78. The predicted molar refractivity (Wildman–Crippen MR) is 55.0 cm³/mol. The molecule has 0 aromatic carbocycles. The molecule has 0 aliphatic heterocycles. The summed E-state index contributed by atoms with van der Waals surface area (Å²) in [6.07, 6.45) is 1.70. The van der Waals surface area contributed by atoms with Crippen molar-refractivity contribution in [2.75, 3.05) is 7.05 Å². The van der Waals surface area contributed by atoms with Crippen molar-refractivity contribution < 1.29 is 4.52 Å². The van der Waals surface area contributed by atoms with Gasteiger partial charge in [0.25, 0.3) is 0 Å². The maximum atomic E-state index is 5.11. The third kappa shape index (κ3) is 2.02. The summed E-state index contributed by atoms with van der Waals surface area (Å²) in [5, 5.41) is 6.90. The predicted octanol–water partition coefficient (Wildman–Crippen LogP) is 1.41. The van der Waals surface area contributed by atoms with E-state index in [4.69, 9.17) is 4.52 Å². The molecule has 0 amide bonds. The first-order chi connectivity index (χ1) is 7.31. The van der Waals surface area contributed by atoms with Crippen LogP contribution in [0.4, 0.5) is 0 Å². The lowest BCUT2D eigenvalue weighted by Gasteiger charge is -2.01. The Bertz CT molecular complexity index is 426. The number of aromatic nitrogens is 3. The fraction of sp³-hybridized carbons (Fsp3) is 0.300. The molecule has 2 rings (SSSR count). The van der Waals surface area contributed by atoms with Gasteiger partial charge in [-0.2, -0.15) is 4.98 Å². The highest BCUT2D eigenvalue weighted by Crippen LogP contribution is 2.15. The van der Waals surface area contributed by atoms with Gasteiger partial charge in [0.15, 0.2) is 0 Å². The van der Waals surface area contributed by atoms with Gasteiger partial charge < -0.3 is 9.84 Å². The summed E-state index contributed by atoms with van der Waals surface area (Å²) in [7, 11) is 1.84. The van der Waals surface area contributed by atoms with Gasteiger partial charge in [0.05, 0.1) is 6.04 Å². The third-order valence-electron chi connectivity index (χ3n) is 2.14. The van der Waals surface area contributed by atoms with Crippen LogP contribution in [0.3, 0.4) is 0 Å². The van der Waals surface area contributed by atoms with Gasteiger partial charge in [-0.3, -0.25) is 4.98 Å². The highest BCUT2D eigenvalue weighted by atomic mass is 16.5. The van der Waals surface area contributed by atoms with E-state index in [1.54, 1.807) is 6.20 Å². The van der Waals surface area contributed by atoms with Crippen LogP contribution in [0.5, 0.6) is 0 Å². The third-order valence-corrected chi connectivity index (χ3v) is 2.14. The SMILES string of the molecule is CNC(C)c1nc(-c2ccccn2)no1. The van der Waals surface area contributed by atoms with Crippen molar-refractivity contribution in [2.24, 2.45) is 0 Å². The molecule has 0 saturated carbocycles. The van der Waals surface area contributed by atoms with E-state index >= 15 is 0 Å². The number of rotatable bonds is 3. The summed E-state index contributed by atoms with van der Waals surface area (Å²) < 4.78 is 5.11. The molecule has 15 heavy (non-hydrogen) atoms. The minimum Gasteiger partial charge on any atom is -0.337 e. The molecule has 78 valence electrons. The molecule has 1 N–H and O–H groups in total. The monoisotopic (exact) mass is 204 g/mol. The number of nitrogens with one attached hydrogen (secondary N) is 1. The average molecular weight is 204 g/mol. The van der Waals surface area contributed by atoms with Gasteiger partial charge in [-0.15, -0.1) is 0 Å². The van der Waals surface area contributed by atoms with Crippen molar-refractivity contribution in [2.45, 2.75) is 13.0 Å². The van der Waals surface area contributed by atoms with E-state index in [0.717, 1.165) is 5.69 Å². The molecule has 2 aromatic rings. The Morgan fingerprint density at radius 3 is 2.93 bits per heavy atom. The van der Waals surface area contributed by atoms with Crippen molar-refractivity contribution in [3.63, 3.8) is 0 Å². The van der Waals surface area contributed by atoms with Crippen LogP contribution in [0.25, 0.3) is 11.5 Å². The second-order valence-corrected chi connectivity index (χ2v) is 3.18. The van der Waals surface area contributed by atoms with Crippen molar-refractivity contribution in [3.05, 3.63) is 30.3 Å². The first-order valence-electron chi connectivity index (χ1n) is 4.73. The summed E-state index contributed by atoms with van der Waals surface area (Å²) in [6.45, 7) is 1.95. The zero-order valence-corrected chi connectivity index (χ0v) is 8.64. The first-order valence-corrected chi connectivity index (χ1v) is 4.73. The van der Waals surface area contributed by atoms with Gasteiger partial charge in [0, 0.05) is 6.20 Å². The lowest BCUT2D eigenvalue weighted by molar-refractivity contribution is 0.347. The molecule has 2 heterocycles. The van der Waals surface area contributed by atoms with Crippen LogP contribution < -0.4 is 5.32 Å². The standard InChI is InChI=1S/C10H12N4O/c1-7(11-2)10-13-9(14-15-10)8-5-3-4-6-12-8/h3-7,11H,1-2H3. The molecule has 0 radical (unpaired) electrons. The summed E-state index contributed by atoms with van der Waals surface area (Å²) in [5.41, 5.74) is 0.718. The quantitative estimate of drug-likeness (QED) is 0.819. The Kier molecular flexibility index (Phi) is 2.73. The number of hydrogen-bond donors (Lipinski definition) is 1. The largest absolute Gasteiger partial charge is 0.337 e. The lowest BCUT2D eigenvalue weighted by atomic mass is 10.3. The maximum Gasteiger partial charge on any atom is 0.243 e. The van der Waals surface area contributed by atoms with Crippen LogP contribution >= 0.6 is 0 Å². The molecule has 0 spiro atoms. The van der Waals surface area contributed by atoms with E-state index in [2.05, 4.69) is 20.4 Å². The van der Waals surface area contributed by atoms with Gasteiger partial charge in [-0.1, -0.05) is 11.2 Å². The summed E-state index contributed by atoms with van der Waals surface area (Å²) in [6, 6.07) is 5.63. The van der Waals surface area contributed by atoms with Gasteiger partial charge in [-0.25, -0.2) is 0 Å². The van der Waals surface area contributed by atoms with Crippen molar-refractivity contribution in [1.82, 2.24) is 20.4 Å². The molecule has 0 saturated heterocycles. The highest BCUT2D eigenvalue weighted by molar-refractivity contribution is 5.47. The maximum absolute atomic E-state index is 5.11. The molecule has 5 heteroatoms. The zero-order chi connectivity index (χ0) is 10.7. The van der Waals surface area contributed by atoms with Crippen LogP contribution in [0.15, 0.2) is 28.9 Å². The van der Waals surface area contributed by atoms with Gasteiger partial charge in [-0.05, 0) is 26.1 Å². The Hall–Kier alpha value is -1.75. The topological polar surface area (TPSA) is 63.8 Å². The molecule has 0 bridgehead atoms. The molecule has 1 unspecified atom stereocenters. The minimum absolute atomic E-state index is 0.0509. The van der Waals surface area contributed by atoms with Crippen LogP contribution in [-0.2, 0) is 0 Å². The van der Waals surface area contributed by atoms with Crippen LogP contribution in [0, 0.1) is 0 Å². The second-order valence-electron chi connectivity index (χ2n) is 3.18. The lowest BCUT2D eigenvalue weighted by Crippen LogP contribution is -2.12. The highest BCUT2D eigenvalue weighted by Gasteiger charge is 2.13. The molecule has 0 fully saturated rings. The normalized spacial score (nSPS) is 12.7. The summed E-state index contributed by atoms with van der Waals surface area (Å²) in [4.78, 5) is 8.39. The molecular formula is C10H12N4O. The van der Waals surface area contributed by atoms with Crippen LogP contribution in [0.2, 0.25) is 0 Å². The molecular weight excluding hydrogens is 192 g/mol. The Balaban J connectivity index is 2.28. The van der Waals surface area contributed by atoms with Crippen LogP contribution in [-0.4, -0.2) is 22.2 Å².